The van der Waals surface area contributed by atoms with Crippen molar-refractivity contribution in [1.82, 2.24) is 9.78 Å². The molecule has 0 aliphatic rings. The molecule has 0 radical (unpaired) electrons. The summed E-state index contributed by atoms with van der Waals surface area (Å²) in [6.07, 6.45) is 1.58. The number of nitrogens with two attached hydrogens (primary N) is 1. The zero-order valence-corrected chi connectivity index (χ0v) is 8.34. The van der Waals surface area contributed by atoms with Gasteiger partial charge in [0, 0.05) is 0 Å². The van der Waals surface area contributed by atoms with Crippen molar-refractivity contribution in [2.24, 2.45) is 5.92 Å². The maximum absolute atomic E-state index is 5.77. The Morgan fingerprint density at radius 2 is 2.08 bits per heavy atom. The van der Waals surface area contributed by atoms with Gasteiger partial charge in [-0.3, -0.25) is 0 Å². The molecule has 0 aliphatic carbocycles. The van der Waals surface area contributed by atoms with E-state index in [0.29, 0.717) is 16.8 Å². The quantitative estimate of drug-likeness (QED) is 0.773. The smallest absolute Gasteiger partial charge is 0.140 e. The molecule has 0 fully saturated rings. The molecule has 0 aliphatic heterocycles. The van der Waals surface area contributed by atoms with Crippen molar-refractivity contribution in [2.75, 3.05) is 5.73 Å². The maximum atomic E-state index is 5.77. The Labute approximate surface area is 77.5 Å². The summed E-state index contributed by atoms with van der Waals surface area (Å²) in [7, 11) is 0. The SMILES string of the molecule is CC(C)C(C)n1ncc(Cl)c1N. The van der Waals surface area contributed by atoms with Crippen LogP contribution in [0.4, 0.5) is 5.82 Å². The first-order valence-corrected chi connectivity index (χ1v) is 4.40. The van der Waals surface area contributed by atoms with Gasteiger partial charge < -0.3 is 5.73 Å². The molecule has 2 N–H and O–H groups in total. The summed E-state index contributed by atoms with van der Waals surface area (Å²) in [4.78, 5) is 0. The van der Waals surface area contributed by atoms with E-state index in [9.17, 15) is 0 Å². The van der Waals surface area contributed by atoms with E-state index >= 15 is 0 Å². The van der Waals surface area contributed by atoms with Crippen LogP contribution in [-0.2, 0) is 0 Å². The monoisotopic (exact) mass is 187 g/mol. The summed E-state index contributed by atoms with van der Waals surface area (Å²) < 4.78 is 1.76. The molecule has 1 aromatic rings. The summed E-state index contributed by atoms with van der Waals surface area (Å²) >= 11 is 5.77. The van der Waals surface area contributed by atoms with E-state index in [4.69, 9.17) is 17.3 Å². The molecule has 4 heteroatoms. The second-order valence-corrected chi connectivity index (χ2v) is 3.71. The highest BCUT2D eigenvalue weighted by atomic mass is 35.5. The van der Waals surface area contributed by atoms with Crippen LogP contribution in [-0.4, -0.2) is 9.78 Å². The Kier molecular flexibility index (Phi) is 2.62. The molecule has 0 saturated carbocycles. The van der Waals surface area contributed by atoms with Crippen molar-refractivity contribution < 1.29 is 0 Å². The highest BCUT2D eigenvalue weighted by molar-refractivity contribution is 6.32. The van der Waals surface area contributed by atoms with E-state index in [2.05, 4.69) is 25.9 Å². The number of rotatable bonds is 2. The number of nitrogens with zero attached hydrogens (tertiary/aromatic N) is 2. The minimum absolute atomic E-state index is 0.289. The predicted molar refractivity (Wildman–Crippen MR) is 51.2 cm³/mol. The molecule has 1 heterocycles. The Balaban J connectivity index is 2.95. The minimum Gasteiger partial charge on any atom is -0.383 e. The lowest BCUT2D eigenvalue weighted by atomic mass is 10.1. The van der Waals surface area contributed by atoms with Crippen LogP contribution in [0.15, 0.2) is 6.20 Å². The van der Waals surface area contributed by atoms with Crippen molar-refractivity contribution in [1.29, 1.82) is 0 Å². The zero-order valence-electron chi connectivity index (χ0n) is 7.58. The fourth-order valence-corrected chi connectivity index (χ4v) is 1.09. The molecule has 12 heavy (non-hydrogen) atoms. The van der Waals surface area contributed by atoms with Gasteiger partial charge in [-0.1, -0.05) is 25.4 Å². The summed E-state index contributed by atoms with van der Waals surface area (Å²) in [6, 6.07) is 0.289. The van der Waals surface area contributed by atoms with Crippen molar-refractivity contribution in [3.63, 3.8) is 0 Å². The Hall–Kier alpha value is -0.700. The van der Waals surface area contributed by atoms with Crippen molar-refractivity contribution in [3.8, 4) is 0 Å². The van der Waals surface area contributed by atoms with E-state index in [0.717, 1.165) is 0 Å². The molecule has 1 unspecified atom stereocenters. The van der Waals surface area contributed by atoms with Gasteiger partial charge in [-0.05, 0) is 12.8 Å². The normalized spacial score (nSPS) is 13.8. The number of aromatic nitrogens is 2. The van der Waals surface area contributed by atoms with Gasteiger partial charge in [0.25, 0.3) is 0 Å². The zero-order chi connectivity index (χ0) is 9.30. The first-order valence-electron chi connectivity index (χ1n) is 4.02. The number of anilines is 1. The highest BCUT2D eigenvalue weighted by Crippen LogP contribution is 2.24. The molecule has 0 aromatic carbocycles. The van der Waals surface area contributed by atoms with Crippen LogP contribution >= 0.6 is 11.6 Å². The van der Waals surface area contributed by atoms with Gasteiger partial charge in [0.2, 0.25) is 0 Å². The van der Waals surface area contributed by atoms with Crippen molar-refractivity contribution in [2.45, 2.75) is 26.8 Å². The lowest BCUT2D eigenvalue weighted by molar-refractivity contribution is 0.380. The molecule has 1 rings (SSSR count). The van der Waals surface area contributed by atoms with E-state index < -0.39 is 0 Å². The second kappa shape index (κ2) is 3.35. The highest BCUT2D eigenvalue weighted by Gasteiger charge is 2.14. The van der Waals surface area contributed by atoms with Crippen LogP contribution in [0, 0.1) is 5.92 Å². The molecular weight excluding hydrogens is 174 g/mol. The molecule has 0 amide bonds. The van der Waals surface area contributed by atoms with Gasteiger partial charge in [-0.15, -0.1) is 0 Å². The fourth-order valence-electron chi connectivity index (χ4n) is 0.958. The average Bonchev–Trinajstić information content (AvgIpc) is 2.32. The second-order valence-electron chi connectivity index (χ2n) is 3.31. The van der Waals surface area contributed by atoms with Crippen LogP contribution < -0.4 is 5.73 Å². The summed E-state index contributed by atoms with van der Waals surface area (Å²) in [6.45, 7) is 6.32. The van der Waals surface area contributed by atoms with Gasteiger partial charge in [0.1, 0.15) is 10.8 Å². The van der Waals surface area contributed by atoms with Crippen LogP contribution in [0.5, 0.6) is 0 Å². The maximum Gasteiger partial charge on any atom is 0.140 e. The number of nitrogen functional groups attached to an aromatic ring is 1. The molecule has 3 nitrogen and oxygen atoms in total. The Morgan fingerprint density at radius 3 is 2.42 bits per heavy atom. The van der Waals surface area contributed by atoms with Crippen LogP contribution in [0.2, 0.25) is 5.02 Å². The van der Waals surface area contributed by atoms with Gasteiger partial charge in [0.15, 0.2) is 0 Å². The van der Waals surface area contributed by atoms with Crippen molar-refractivity contribution in [3.05, 3.63) is 11.2 Å². The summed E-state index contributed by atoms with van der Waals surface area (Å²) in [5.74, 6) is 1.06. The van der Waals surface area contributed by atoms with E-state index in [1.54, 1.807) is 10.9 Å². The third-order valence-corrected chi connectivity index (χ3v) is 2.43. The van der Waals surface area contributed by atoms with E-state index in [1.807, 2.05) is 0 Å². The molecular formula is C8H14ClN3. The van der Waals surface area contributed by atoms with E-state index in [1.165, 1.54) is 0 Å². The Bertz CT molecular complexity index is 267. The number of hydrogen-bond acceptors (Lipinski definition) is 2. The molecule has 1 aromatic heterocycles. The fraction of sp³-hybridized carbons (Fsp3) is 0.625. The summed E-state index contributed by atoms with van der Waals surface area (Å²) in [5.41, 5.74) is 5.71. The lowest BCUT2D eigenvalue weighted by Crippen LogP contribution is -2.15. The Morgan fingerprint density at radius 1 is 1.50 bits per heavy atom. The first kappa shape index (κ1) is 9.39. The number of halogens is 1. The first-order chi connectivity index (χ1) is 5.54. The molecule has 0 bridgehead atoms. The number of hydrogen-bond donors (Lipinski definition) is 1. The third kappa shape index (κ3) is 1.55. The predicted octanol–water partition coefficient (Wildman–Crippen LogP) is 2.34. The van der Waals surface area contributed by atoms with Gasteiger partial charge in [-0.2, -0.15) is 5.10 Å². The lowest BCUT2D eigenvalue weighted by Gasteiger charge is -2.17. The van der Waals surface area contributed by atoms with Crippen LogP contribution in [0.1, 0.15) is 26.8 Å². The van der Waals surface area contributed by atoms with Crippen LogP contribution in [0.3, 0.4) is 0 Å². The molecule has 1 atom stereocenters. The van der Waals surface area contributed by atoms with E-state index in [-0.39, 0.29) is 6.04 Å². The standard InChI is InChI=1S/C8H14ClN3/c1-5(2)6(3)12-8(10)7(9)4-11-12/h4-6H,10H2,1-3H3. The summed E-state index contributed by atoms with van der Waals surface area (Å²) in [5, 5.41) is 4.63. The molecule has 0 spiro atoms. The average molecular weight is 188 g/mol. The topological polar surface area (TPSA) is 43.8 Å². The largest absolute Gasteiger partial charge is 0.383 e. The molecule has 0 saturated heterocycles. The van der Waals surface area contributed by atoms with Gasteiger partial charge in [-0.25, -0.2) is 4.68 Å². The van der Waals surface area contributed by atoms with Crippen molar-refractivity contribution >= 4 is 17.4 Å². The third-order valence-electron chi connectivity index (χ3n) is 2.14. The van der Waals surface area contributed by atoms with Crippen LogP contribution in [0.25, 0.3) is 0 Å². The van der Waals surface area contributed by atoms with Gasteiger partial charge in [0.05, 0.1) is 12.2 Å². The minimum atomic E-state index is 0.289. The van der Waals surface area contributed by atoms with Gasteiger partial charge >= 0.3 is 0 Å². The molecule has 68 valence electrons.